The van der Waals surface area contributed by atoms with Crippen molar-refractivity contribution in [3.63, 3.8) is 0 Å². The van der Waals surface area contributed by atoms with Crippen LogP contribution in [0, 0.1) is 0 Å². The molecule has 4 rings (SSSR count). The van der Waals surface area contributed by atoms with Crippen molar-refractivity contribution in [2.45, 2.75) is 45.1 Å². The number of hydrogen-bond acceptors (Lipinski definition) is 5. The van der Waals surface area contributed by atoms with Crippen LogP contribution in [0.2, 0.25) is 0 Å². The van der Waals surface area contributed by atoms with Crippen molar-refractivity contribution in [1.82, 2.24) is 20.0 Å². The Labute approximate surface area is 210 Å². The maximum absolute atomic E-state index is 6.01. The number of likely N-dealkylation sites (N-methyl/N-ethyl adjacent to an activating group) is 1. The van der Waals surface area contributed by atoms with E-state index in [2.05, 4.69) is 56.2 Å². The first-order valence-corrected chi connectivity index (χ1v) is 12.0. The Hall–Kier alpha value is -0.940. The molecule has 1 N–H and O–H groups in total. The quantitative estimate of drug-likeness (QED) is 0.330. The van der Waals surface area contributed by atoms with E-state index in [-0.39, 0.29) is 36.2 Å². The van der Waals surface area contributed by atoms with Gasteiger partial charge < -0.3 is 24.6 Å². The summed E-state index contributed by atoms with van der Waals surface area (Å²) in [6, 6.07) is 8.81. The van der Waals surface area contributed by atoms with Gasteiger partial charge in [-0.25, -0.2) is 0 Å². The Morgan fingerprint density at radius 3 is 2.41 bits per heavy atom. The molecule has 3 aliphatic heterocycles. The summed E-state index contributed by atoms with van der Waals surface area (Å²) in [4.78, 5) is 12.0. The highest BCUT2D eigenvalue weighted by Crippen LogP contribution is 2.21. The van der Waals surface area contributed by atoms with Gasteiger partial charge in [0, 0.05) is 66.0 Å². The molecule has 0 aromatic heterocycles. The predicted octanol–water partition coefficient (Wildman–Crippen LogP) is 2.40. The number of piperazine rings is 1. The first kappa shape index (κ1) is 25.7. The number of ether oxygens (including phenoxy) is 2. The summed E-state index contributed by atoms with van der Waals surface area (Å²) in [6.07, 6.45) is 2.62. The molecule has 180 valence electrons. The first-order chi connectivity index (χ1) is 15.3. The number of morpholine rings is 1. The highest BCUT2D eigenvalue weighted by molar-refractivity contribution is 14.0. The zero-order valence-corrected chi connectivity index (χ0v) is 22.0. The summed E-state index contributed by atoms with van der Waals surface area (Å²) in [5.74, 6) is 0.956. The minimum Gasteiger partial charge on any atom is -0.375 e. The fraction of sp³-hybridized carbons (Fsp3) is 0.708. The van der Waals surface area contributed by atoms with Crippen LogP contribution in [-0.4, -0.2) is 98.9 Å². The van der Waals surface area contributed by atoms with E-state index in [1.54, 1.807) is 0 Å². The van der Waals surface area contributed by atoms with Gasteiger partial charge in [0.25, 0.3) is 0 Å². The monoisotopic (exact) mass is 557 g/mol. The molecule has 3 aliphatic rings. The Bertz CT molecular complexity index is 720. The molecule has 0 aliphatic carbocycles. The third-order valence-electron chi connectivity index (χ3n) is 6.85. The zero-order chi connectivity index (χ0) is 21.5. The SMILES string of the molecule is CCN1CCN(Cc2ccccc2CNC(=NC)N2CCOC(C3CCCO3)C2)CC1.I. The second-order valence-corrected chi connectivity index (χ2v) is 8.79. The highest BCUT2D eigenvalue weighted by Gasteiger charge is 2.32. The first-order valence-electron chi connectivity index (χ1n) is 12.0. The fourth-order valence-corrected chi connectivity index (χ4v) is 4.88. The van der Waals surface area contributed by atoms with Crippen molar-refractivity contribution in [3.8, 4) is 0 Å². The number of rotatable bonds is 6. The summed E-state index contributed by atoms with van der Waals surface area (Å²) < 4.78 is 11.9. The van der Waals surface area contributed by atoms with E-state index < -0.39 is 0 Å². The molecule has 3 fully saturated rings. The minimum absolute atomic E-state index is 0. The van der Waals surface area contributed by atoms with Crippen LogP contribution < -0.4 is 5.32 Å². The van der Waals surface area contributed by atoms with Crippen molar-refractivity contribution >= 4 is 29.9 Å². The molecule has 7 nitrogen and oxygen atoms in total. The lowest BCUT2D eigenvalue weighted by Gasteiger charge is -2.37. The van der Waals surface area contributed by atoms with E-state index in [1.165, 1.54) is 24.2 Å². The van der Waals surface area contributed by atoms with Gasteiger partial charge in [-0.05, 0) is 30.5 Å². The Balaban J connectivity index is 0.00000289. The van der Waals surface area contributed by atoms with E-state index >= 15 is 0 Å². The van der Waals surface area contributed by atoms with Crippen LogP contribution in [0.4, 0.5) is 0 Å². The topological polar surface area (TPSA) is 52.6 Å². The van der Waals surface area contributed by atoms with Crippen LogP contribution >= 0.6 is 24.0 Å². The number of benzene rings is 1. The molecule has 1 aromatic rings. The average Bonchev–Trinajstić information content (AvgIpc) is 3.36. The maximum Gasteiger partial charge on any atom is 0.194 e. The van der Waals surface area contributed by atoms with Crippen LogP contribution in [0.25, 0.3) is 0 Å². The second kappa shape index (κ2) is 13.1. The summed E-state index contributed by atoms with van der Waals surface area (Å²) in [7, 11) is 1.87. The van der Waals surface area contributed by atoms with Crippen LogP contribution in [0.5, 0.6) is 0 Å². The van der Waals surface area contributed by atoms with Gasteiger partial charge in [0.2, 0.25) is 0 Å². The molecule has 2 unspecified atom stereocenters. The van der Waals surface area contributed by atoms with Gasteiger partial charge in [-0.2, -0.15) is 0 Å². The molecule has 3 saturated heterocycles. The molecular formula is C24H40IN5O2. The van der Waals surface area contributed by atoms with Crippen molar-refractivity contribution in [1.29, 1.82) is 0 Å². The molecule has 3 heterocycles. The van der Waals surface area contributed by atoms with Crippen LogP contribution in [0.3, 0.4) is 0 Å². The lowest BCUT2D eigenvalue weighted by atomic mass is 10.1. The van der Waals surface area contributed by atoms with Gasteiger partial charge in [0.05, 0.1) is 12.7 Å². The molecule has 0 saturated carbocycles. The van der Waals surface area contributed by atoms with E-state index in [4.69, 9.17) is 9.47 Å². The average molecular weight is 558 g/mol. The molecule has 8 heteroatoms. The number of halogens is 1. The number of nitrogens with one attached hydrogen (secondary N) is 1. The van der Waals surface area contributed by atoms with Gasteiger partial charge in [-0.3, -0.25) is 9.89 Å². The summed E-state index contributed by atoms with van der Waals surface area (Å²) in [5, 5.41) is 3.61. The van der Waals surface area contributed by atoms with Gasteiger partial charge in [0.1, 0.15) is 6.10 Å². The molecule has 1 aromatic carbocycles. The zero-order valence-electron chi connectivity index (χ0n) is 19.7. The number of hydrogen-bond donors (Lipinski definition) is 1. The Morgan fingerprint density at radius 2 is 1.72 bits per heavy atom. The number of aliphatic imine (C=N–C) groups is 1. The largest absolute Gasteiger partial charge is 0.375 e. The van der Waals surface area contributed by atoms with Gasteiger partial charge in [-0.1, -0.05) is 31.2 Å². The summed E-state index contributed by atoms with van der Waals surface area (Å²) in [5.41, 5.74) is 2.76. The second-order valence-electron chi connectivity index (χ2n) is 8.79. The van der Waals surface area contributed by atoms with E-state index in [0.29, 0.717) is 0 Å². The molecule has 32 heavy (non-hydrogen) atoms. The molecule has 0 spiro atoms. The molecule has 0 bridgehead atoms. The predicted molar refractivity (Wildman–Crippen MR) is 140 cm³/mol. The lowest BCUT2D eigenvalue weighted by molar-refractivity contribution is -0.0817. The Kier molecular flexibility index (Phi) is 10.5. The maximum atomic E-state index is 6.01. The van der Waals surface area contributed by atoms with E-state index in [9.17, 15) is 0 Å². The van der Waals surface area contributed by atoms with Crippen LogP contribution in [0.15, 0.2) is 29.3 Å². The van der Waals surface area contributed by atoms with E-state index in [1.807, 2.05) is 7.05 Å². The Morgan fingerprint density at radius 1 is 1.00 bits per heavy atom. The third kappa shape index (κ3) is 6.79. The van der Waals surface area contributed by atoms with Crippen molar-refractivity contribution in [3.05, 3.63) is 35.4 Å². The minimum atomic E-state index is 0. The third-order valence-corrected chi connectivity index (χ3v) is 6.85. The smallest absolute Gasteiger partial charge is 0.194 e. The van der Waals surface area contributed by atoms with Crippen LogP contribution in [-0.2, 0) is 22.6 Å². The van der Waals surface area contributed by atoms with Crippen molar-refractivity contribution in [2.75, 3.05) is 66.1 Å². The highest BCUT2D eigenvalue weighted by atomic mass is 127. The summed E-state index contributed by atoms with van der Waals surface area (Å²) >= 11 is 0. The van der Waals surface area contributed by atoms with Gasteiger partial charge >= 0.3 is 0 Å². The molecular weight excluding hydrogens is 517 g/mol. The fourth-order valence-electron chi connectivity index (χ4n) is 4.88. The summed E-state index contributed by atoms with van der Waals surface area (Å²) in [6.45, 7) is 13.2. The molecule has 0 radical (unpaired) electrons. The lowest BCUT2D eigenvalue weighted by Crippen LogP contribution is -2.53. The van der Waals surface area contributed by atoms with Crippen LogP contribution in [0.1, 0.15) is 30.9 Å². The normalized spacial score (nSPS) is 25.6. The van der Waals surface area contributed by atoms with Gasteiger partial charge in [-0.15, -0.1) is 24.0 Å². The van der Waals surface area contributed by atoms with Crippen molar-refractivity contribution < 1.29 is 9.47 Å². The van der Waals surface area contributed by atoms with Crippen molar-refractivity contribution in [2.24, 2.45) is 4.99 Å². The molecule has 2 atom stereocenters. The number of nitrogens with zero attached hydrogens (tertiary/aromatic N) is 4. The standard InChI is InChI=1S/C24H39N5O2.HI/c1-3-27-10-12-28(13-11-27)18-21-8-5-4-7-20(21)17-26-24(25-2)29-14-16-31-23(19-29)22-9-6-15-30-22;/h4-5,7-8,22-23H,3,6,9-19H2,1-2H3,(H,25,26);1H. The van der Waals surface area contributed by atoms with Gasteiger partial charge in [0.15, 0.2) is 5.96 Å². The number of guanidine groups is 1. The van der Waals surface area contributed by atoms with E-state index in [0.717, 1.165) is 77.8 Å². The molecule has 0 amide bonds.